The van der Waals surface area contributed by atoms with E-state index in [2.05, 4.69) is 0 Å². The van der Waals surface area contributed by atoms with Gasteiger partial charge >= 0.3 is 5.97 Å². The van der Waals surface area contributed by atoms with E-state index in [0.717, 1.165) is 24.4 Å². The van der Waals surface area contributed by atoms with E-state index in [1.807, 2.05) is 34.6 Å². The van der Waals surface area contributed by atoms with Gasteiger partial charge in [0.2, 0.25) is 0 Å². The molecule has 1 unspecified atom stereocenters. The molecule has 3 heteroatoms. The summed E-state index contributed by atoms with van der Waals surface area (Å²) >= 11 is 0. The molecular formula is C15H24O3. The van der Waals surface area contributed by atoms with Crippen LogP contribution < -0.4 is 0 Å². The van der Waals surface area contributed by atoms with E-state index < -0.39 is 5.41 Å². The Kier molecular flexibility index (Phi) is 3.54. The predicted molar refractivity (Wildman–Crippen MR) is 69.9 cm³/mol. The third kappa shape index (κ3) is 2.61. The van der Waals surface area contributed by atoms with Crippen molar-refractivity contribution in [1.82, 2.24) is 0 Å². The highest BCUT2D eigenvalue weighted by atomic mass is 16.5. The van der Waals surface area contributed by atoms with Crippen LogP contribution in [0, 0.1) is 17.3 Å². The molecular weight excluding hydrogens is 228 g/mol. The molecule has 1 saturated heterocycles. The molecule has 2 rings (SSSR count). The van der Waals surface area contributed by atoms with Gasteiger partial charge < -0.3 is 9.47 Å². The minimum absolute atomic E-state index is 0.151. The molecule has 1 saturated carbocycles. The smallest absolute Gasteiger partial charge is 0.316 e. The van der Waals surface area contributed by atoms with E-state index >= 15 is 0 Å². The molecule has 0 aromatic rings. The summed E-state index contributed by atoms with van der Waals surface area (Å²) in [5.41, 5.74) is 0.636. The first-order valence-corrected chi connectivity index (χ1v) is 6.83. The van der Waals surface area contributed by atoms with Gasteiger partial charge in [-0.1, -0.05) is 0 Å². The van der Waals surface area contributed by atoms with Gasteiger partial charge in [0.05, 0.1) is 11.5 Å². The molecule has 0 bridgehead atoms. The first-order chi connectivity index (χ1) is 8.32. The van der Waals surface area contributed by atoms with Crippen molar-refractivity contribution >= 4 is 5.97 Å². The Bertz CT molecular complexity index is 360. The fraction of sp³-hybridized carbons (Fsp3) is 0.800. The third-order valence-corrected chi connectivity index (χ3v) is 3.70. The lowest BCUT2D eigenvalue weighted by Crippen LogP contribution is -2.23. The molecule has 0 aromatic heterocycles. The van der Waals surface area contributed by atoms with E-state index in [0.29, 0.717) is 11.8 Å². The standard InChI is InChI=1S/C15H24O3/c1-9(2)12(18-14(16)15(3,4)5)11-10-7-6-8-17-13(10)11/h10-11,13H,6-8H2,1-5H3/t10-,11?,13-/m1/s1. The summed E-state index contributed by atoms with van der Waals surface area (Å²) in [5, 5.41) is 0. The van der Waals surface area contributed by atoms with Crippen molar-refractivity contribution in [2.24, 2.45) is 17.3 Å². The largest absolute Gasteiger partial charge is 0.430 e. The average Bonchev–Trinajstić information content (AvgIpc) is 2.97. The van der Waals surface area contributed by atoms with E-state index in [-0.39, 0.29) is 12.1 Å². The summed E-state index contributed by atoms with van der Waals surface area (Å²) in [6.45, 7) is 10.5. The van der Waals surface area contributed by atoms with Crippen molar-refractivity contribution in [3.05, 3.63) is 11.3 Å². The number of hydrogen-bond acceptors (Lipinski definition) is 3. The normalized spacial score (nSPS) is 30.4. The van der Waals surface area contributed by atoms with Crippen LogP contribution >= 0.6 is 0 Å². The molecule has 3 nitrogen and oxygen atoms in total. The second-order valence-corrected chi connectivity index (χ2v) is 6.67. The molecule has 3 atom stereocenters. The minimum atomic E-state index is -0.457. The Hall–Kier alpha value is -0.830. The van der Waals surface area contributed by atoms with Crippen LogP contribution in [0.25, 0.3) is 0 Å². The number of allylic oxidation sites excluding steroid dienone is 1. The maximum absolute atomic E-state index is 12.0. The van der Waals surface area contributed by atoms with Crippen LogP contribution in [-0.4, -0.2) is 18.7 Å². The van der Waals surface area contributed by atoms with Gasteiger partial charge in [0, 0.05) is 12.5 Å². The first kappa shape index (κ1) is 13.6. The molecule has 0 spiro atoms. The SMILES string of the molecule is CC(C)=C(OC(=O)C(C)(C)C)C1[C@H]2CCCO[C@@H]12. The fourth-order valence-corrected chi connectivity index (χ4v) is 2.55. The van der Waals surface area contributed by atoms with Crippen LogP contribution in [0.3, 0.4) is 0 Å². The average molecular weight is 252 g/mol. The Balaban J connectivity index is 2.08. The van der Waals surface area contributed by atoms with Gasteiger partial charge in [0.25, 0.3) is 0 Å². The molecule has 0 amide bonds. The molecule has 1 heterocycles. The Morgan fingerprint density at radius 3 is 2.39 bits per heavy atom. The summed E-state index contributed by atoms with van der Waals surface area (Å²) in [5.74, 6) is 1.58. The Morgan fingerprint density at radius 2 is 1.94 bits per heavy atom. The number of esters is 1. The number of carbonyl (C=O) groups is 1. The molecule has 102 valence electrons. The number of hydrogen-bond donors (Lipinski definition) is 0. The monoisotopic (exact) mass is 252 g/mol. The van der Waals surface area contributed by atoms with Gasteiger partial charge in [-0.15, -0.1) is 0 Å². The van der Waals surface area contributed by atoms with Gasteiger partial charge in [0.15, 0.2) is 0 Å². The number of fused-ring (bicyclic) bond motifs is 1. The zero-order chi connectivity index (χ0) is 13.5. The van der Waals surface area contributed by atoms with E-state index in [1.165, 1.54) is 6.42 Å². The maximum Gasteiger partial charge on any atom is 0.316 e. The summed E-state index contributed by atoms with van der Waals surface area (Å²) < 4.78 is 11.4. The zero-order valence-corrected chi connectivity index (χ0v) is 12.1. The molecule has 1 aliphatic heterocycles. The highest BCUT2D eigenvalue weighted by molar-refractivity contribution is 5.76. The summed E-state index contributed by atoms with van der Waals surface area (Å²) in [6, 6.07) is 0. The lowest BCUT2D eigenvalue weighted by molar-refractivity contribution is -0.149. The molecule has 2 fully saturated rings. The Labute approximate surface area is 110 Å². The summed E-state index contributed by atoms with van der Waals surface area (Å²) in [4.78, 5) is 12.0. The topological polar surface area (TPSA) is 35.5 Å². The quantitative estimate of drug-likeness (QED) is 0.559. The number of rotatable bonds is 2. The van der Waals surface area contributed by atoms with Gasteiger partial charge in [-0.2, -0.15) is 0 Å². The number of ether oxygens (including phenoxy) is 2. The van der Waals surface area contributed by atoms with Crippen molar-refractivity contribution in [2.75, 3.05) is 6.61 Å². The highest BCUT2D eigenvalue weighted by Gasteiger charge is 2.56. The van der Waals surface area contributed by atoms with Crippen molar-refractivity contribution in [2.45, 2.75) is 53.6 Å². The zero-order valence-electron chi connectivity index (χ0n) is 12.1. The van der Waals surface area contributed by atoms with Crippen LogP contribution in [0.1, 0.15) is 47.5 Å². The molecule has 2 aliphatic rings. The van der Waals surface area contributed by atoms with E-state index in [9.17, 15) is 4.79 Å². The Morgan fingerprint density at radius 1 is 1.28 bits per heavy atom. The maximum atomic E-state index is 12.0. The fourth-order valence-electron chi connectivity index (χ4n) is 2.55. The van der Waals surface area contributed by atoms with Crippen molar-refractivity contribution in [3.8, 4) is 0 Å². The molecule has 1 aliphatic carbocycles. The second kappa shape index (κ2) is 4.69. The van der Waals surface area contributed by atoms with E-state index in [1.54, 1.807) is 0 Å². The minimum Gasteiger partial charge on any atom is -0.430 e. The van der Waals surface area contributed by atoms with Crippen LogP contribution in [0.5, 0.6) is 0 Å². The molecule has 0 N–H and O–H groups in total. The lowest BCUT2D eigenvalue weighted by Gasteiger charge is -2.19. The van der Waals surface area contributed by atoms with Crippen LogP contribution in [0.2, 0.25) is 0 Å². The lowest BCUT2D eigenvalue weighted by atomic mass is 9.97. The third-order valence-electron chi connectivity index (χ3n) is 3.70. The van der Waals surface area contributed by atoms with E-state index in [4.69, 9.17) is 9.47 Å². The second-order valence-electron chi connectivity index (χ2n) is 6.67. The predicted octanol–water partition coefficient (Wildman–Crippen LogP) is 3.29. The van der Waals surface area contributed by atoms with Crippen molar-refractivity contribution < 1.29 is 14.3 Å². The van der Waals surface area contributed by atoms with Gasteiger partial charge in [-0.25, -0.2) is 0 Å². The molecule has 18 heavy (non-hydrogen) atoms. The number of carbonyl (C=O) groups excluding carboxylic acids is 1. The highest BCUT2D eigenvalue weighted by Crippen LogP contribution is 2.53. The van der Waals surface area contributed by atoms with Gasteiger partial charge in [-0.05, 0) is 59.0 Å². The van der Waals surface area contributed by atoms with Crippen LogP contribution in [0.15, 0.2) is 11.3 Å². The summed E-state index contributed by atoms with van der Waals surface area (Å²) in [7, 11) is 0. The molecule has 0 radical (unpaired) electrons. The van der Waals surface area contributed by atoms with Gasteiger partial charge in [0.1, 0.15) is 5.76 Å². The van der Waals surface area contributed by atoms with Crippen LogP contribution in [-0.2, 0) is 14.3 Å². The summed E-state index contributed by atoms with van der Waals surface area (Å²) in [6.07, 6.45) is 2.61. The van der Waals surface area contributed by atoms with Crippen molar-refractivity contribution in [1.29, 1.82) is 0 Å². The first-order valence-electron chi connectivity index (χ1n) is 6.83. The van der Waals surface area contributed by atoms with Crippen LogP contribution in [0.4, 0.5) is 0 Å². The van der Waals surface area contributed by atoms with Gasteiger partial charge in [-0.3, -0.25) is 4.79 Å². The van der Waals surface area contributed by atoms with Crippen molar-refractivity contribution in [3.63, 3.8) is 0 Å². The molecule has 0 aromatic carbocycles.